The van der Waals surface area contributed by atoms with Crippen LogP contribution in [0.1, 0.15) is 5.56 Å². The third kappa shape index (κ3) is 2.83. The summed E-state index contributed by atoms with van der Waals surface area (Å²) in [4.78, 5) is 21.2. The largest absolute Gasteiger partial charge is 0.480 e. The van der Waals surface area contributed by atoms with E-state index in [1.54, 1.807) is 0 Å². The molecule has 0 aromatic carbocycles. The lowest BCUT2D eigenvalue weighted by Crippen LogP contribution is -2.24. The Balaban J connectivity index is 3.09. The van der Waals surface area contributed by atoms with E-state index in [-0.39, 0.29) is 0 Å². The molecule has 0 bridgehead atoms. The Labute approximate surface area is 81.6 Å². The lowest BCUT2D eigenvalue weighted by molar-refractivity contribution is -0.137. The number of pyridine rings is 1. The van der Waals surface area contributed by atoms with E-state index in [0.717, 1.165) is 6.20 Å². The van der Waals surface area contributed by atoms with Crippen molar-refractivity contribution in [2.45, 2.75) is 12.7 Å². The standard InChI is InChI=1S/C8H6F3NO3/c9-8(10,11)5-1-2-12(4-7(14)15)6(13)3-5/h1-3H,4H2,(H,14,15). The number of carboxylic acids is 1. The first kappa shape index (κ1) is 11.3. The van der Waals surface area contributed by atoms with Crippen LogP contribution in [0.25, 0.3) is 0 Å². The lowest BCUT2D eigenvalue weighted by atomic mass is 10.2. The molecule has 4 nitrogen and oxygen atoms in total. The van der Waals surface area contributed by atoms with Gasteiger partial charge in [-0.15, -0.1) is 0 Å². The number of halogens is 3. The lowest BCUT2D eigenvalue weighted by Gasteiger charge is -2.07. The fraction of sp³-hybridized carbons (Fsp3) is 0.250. The molecule has 0 spiro atoms. The average Bonchev–Trinajstić information content (AvgIpc) is 2.05. The molecule has 1 aromatic rings. The second-order valence-electron chi connectivity index (χ2n) is 2.77. The van der Waals surface area contributed by atoms with E-state index in [1.807, 2.05) is 0 Å². The smallest absolute Gasteiger partial charge is 0.416 e. The monoisotopic (exact) mass is 221 g/mol. The number of aromatic nitrogens is 1. The van der Waals surface area contributed by atoms with E-state index in [2.05, 4.69) is 0 Å². The Hall–Kier alpha value is -1.79. The first-order chi connectivity index (χ1) is 6.80. The van der Waals surface area contributed by atoms with E-state index in [0.29, 0.717) is 16.7 Å². The molecule has 0 saturated carbocycles. The van der Waals surface area contributed by atoms with Gasteiger partial charge in [0.2, 0.25) is 0 Å². The van der Waals surface area contributed by atoms with Crippen LogP contribution in [0.4, 0.5) is 13.2 Å². The molecule has 0 aliphatic carbocycles. The molecule has 1 rings (SSSR count). The van der Waals surface area contributed by atoms with E-state index >= 15 is 0 Å². The molecule has 0 aliphatic heterocycles. The molecular formula is C8H6F3NO3. The van der Waals surface area contributed by atoms with Crippen molar-refractivity contribution in [1.29, 1.82) is 0 Å². The normalized spacial score (nSPS) is 11.4. The van der Waals surface area contributed by atoms with Gasteiger partial charge in [0.1, 0.15) is 6.54 Å². The highest BCUT2D eigenvalue weighted by atomic mass is 19.4. The van der Waals surface area contributed by atoms with Gasteiger partial charge in [-0.3, -0.25) is 9.59 Å². The molecule has 0 amide bonds. The van der Waals surface area contributed by atoms with E-state index in [9.17, 15) is 22.8 Å². The van der Waals surface area contributed by atoms with Gasteiger partial charge in [-0.1, -0.05) is 0 Å². The van der Waals surface area contributed by atoms with Gasteiger partial charge in [-0.25, -0.2) is 0 Å². The summed E-state index contributed by atoms with van der Waals surface area (Å²) < 4.78 is 37.0. The van der Waals surface area contributed by atoms with Gasteiger partial charge in [-0.05, 0) is 6.07 Å². The minimum absolute atomic E-state index is 0.364. The topological polar surface area (TPSA) is 59.3 Å². The zero-order valence-electron chi connectivity index (χ0n) is 7.28. The predicted octanol–water partition coefficient (Wildman–Crippen LogP) is 0.952. The number of alkyl halides is 3. The minimum atomic E-state index is -4.60. The third-order valence-corrected chi connectivity index (χ3v) is 1.63. The van der Waals surface area contributed by atoms with E-state index < -0.39 is 29.8 Å². The summed E-state index contributed by atoms with van der Waals surface area (Å²) in [6.45, 7) is -0.656. The van der Waals surface area contributed by atoms with Gasteiger partial charge in [-0.2, -0.15) is 13.2 Å². The Kier molecular flexibility index (Phi) is 2.83. The fourth-order valence-electron chi connectivity index (χ4n) is 0.960. The zero-order valence-corrected chi connectivity index (χ0v) is 7.28. The van der Waals surface area contributed by atoms with Crippen molar-refractivity contribution in [1.82, 2.24) is 4.57 Å². The second-order valence-corrected chi connectivity index (χ2v) is 2.77. The minimum Gasteiger partial charge on any atom is -0.480 e. The number of nitrogens with zero attached hydrogens (tertiary/aromatic N) is 1. The van der Waals surface area contributed by atoms with Crippen molar-refractivity contribution in [2.75, 3.05) is 0 Å². The van der Waals surface area contributed by atoms with Crippen molar-refractivity contribution >= 4 is 5.97 Å². The molecule has 0 saturated heterocycles. The van der Waals surface area contributed by atoms with Crippen molar-refractivity contribution < 1.29 is 23.1 Å². The maximum Gasteiger partial charge on any atom is 0.416 e. The number of aliphatic carboxylic acids is 1. The molecule has 82 valence electrons. The second kappa shape index (κ2) is 3.76. The zero-order chi connectivity index (χ0) is 11.6. The molecule has 1 aromatic heterocycles. The number of rotatable bonds is 2. The quantitative estimate of drug-likeness (QED) is 0.808. The molecule has 1 heterocycles. The fourth-order valence-corrected chi connectivity index (χ4v) is 0.960. The average molecular weight is 221 g/mol. The summed E-state index contributed by atoms with van der Waals surface area (Å²) in [5, 5.41) is 8.34. The summed E-state index contributed by atoms with van der Waals surface area (Å²) in [5.74, 6) is -1.29. The number of carboxylic acid groups (broad SMARTS) is 1. The summed E-state index contributed by atoms with van der Waals surface area (Å²) >= 11 is 0. The Morgan fingerprint density at radius 3 is 2.47 bits per heavy atom. The van der Waals surface area contributed by atoms with Crippen LogP contribution in [0.15, 0.2) is 23.1 Å². The van der Waals surface area contributed by atoms with Gasteiger partial charge < -0.3 is 9.67 Å². The van der Waals surface area contributed by atoms with Crippen molar-refractivity contribution in [3.63, 3.8) is 0 Å². The molecule has 0 radical (unpaired) electrons. The van der Waals surface area contributed by atoms with Crippen LogP contribution in [-0.2, 0) is 17.5 Å². The molecule has 0 unspecified atom stereocenters. The summed E-state index contributed by atoms with van der Waals surface area (Å²) in [6, 6.07) is 1.02. The summed E-state index contributed by atoms with van der Waals surface area (Å²) in [5.41, 5.74) is -2.08. The number of carbonyl (C=O) groups is 1. The Bertz CT molecular complexity index is 435. The highest BCUT2D eigenvalue weighted by molar-refractivity contribution is 5.66. The van der Waals surface area contributed by atoms with Crippen LogP contribution >= 0.6 is 0 Å². The van der Waals surface area contributed by atoms with Crippen molar-refractivity contribution in [2.24, 2.45) is 0 Å². The molecule has 0 aliphatic rings. The maximum absolute atomic E-state index is 12.1. The Morgan fingerprint density at radius 1 is 1.47 bits per heavy atom. The van der Waals surface area contributed by atoms with Crippen LogP contribution in [0, 0.1) is 0 Å². The van der Waals surface area contributed by atoms with E-state index in [4.69, 9.17) is 5.11 Å². The summed E-state index contributed by atoms with van der Waals surface area (Å²) in [7, 11) is 0. The Morgan fingerprint density at radius 2 is 2.07 bits per heavy atom. The van der Waals surface area contributed by atoms with Crippen LogP contribution in [-0.4, -0.2) is 15.6 Å². The van der Waals surface area contributed by atoms with Crippen LogP contribution in [0.2, 0.25) is 0 Å². The first-order valence-electron chi connectivity index (χ1n) is 3.80. The molecule has 0 atom stereocenters. The highest BCUT2D eigenvalue weighted by Crippen LogP contribution is 2.27. The van der Waals surface area contributed by atoms with Gasteiger partial charge in [0.25, 0.3) is 5.56 Å². The number of hydrogen-bond acceptors (Lipinski definition) is 2. The third-order valence-electron chi connectivity index (χ3n) is 1.63. The van der Waals surface area contributed by atoms with Gasteiger partial charge in [0.05, 0.1) is 5.56 Å². The first-order valence-corrected chi connectivity index (χ1v) is 3.80. The van der Waals surface area contributed by atoms with Crippen LogP contribution in [0.5, 0.6) is 0 Å². The predicted molar refractivity (Wildman–Crippen MR) is 43.3 cm³/mol. The molecule has 1 N–H and O–H groups in total. The van der Waals surface area contributed by atoms with Crippen molar-refractivity contribution in [3.05, 3.63) is 34.2 Å². The maximum atomic E-state index is 12.1. The number of hydrogen-bond donors (Lipinski definition) is 1. The van der Waals surface area contributed by atoms with E-state index in [1.165, 1.54) is 0 Å². The van der Waals surface area contributed by atoms with Gasteiger partial charge in [0, 0.05) is 12.3 Å². The van der Waals surface area contributed by atoms with Crippen LogP contribution < -0.4 is 5.56 Å². The SMILES string of the molecule is O=C(O)Cn1ccc(C(F)(F)F)cc1=O. The van der Waals surface area contributed by atoms with Gasteiger partial charge >= 0.3 is 12.1 Å². The highest BCUT2D eigenvalue weighted by Gasteiger charge is 2.30. The summed E-state index contributed by atoms with van der Waals surface area (Å²) in [6.07, 6.45) is -3.79. The van der Waals surface area contributed by atoms with Gasteiger partial charge in [0.15, 0.2) is 0 Å². The molecular weight excluding hydrogens is 215 g/mol. The van der Waals surface area contributed by atoms with Crippen molar-refractivity contribution in [3.8, 4) is 0 Å². The molecule has 0 fully saturated rings. The molecule has 15 heavy (non-hydrogen) atoms. The molecule has 7 heteroatoms. The van der Waals surface area contributed by atoms with Crippen LogP contribution in [0.3, 0.4) is 0 Å².